The number of hydrogen-bond acceptors (Lipinski definition) is 2. The fraction of sp³-hybridized carbons (Fsp3) is 0.412. The summed E-state index contributed by atoms with van der Waals surface area (Å²) in [6, 6.07) is 9.61. The molecule has 1 saturated heterocycles. The Morgan fingerprint density at radius 2 is 1.71 bits per heavy atom. The Morgan fingerprint density at radius 1 is 1.05 bits per heavy atom. The summed E-state index contributed by atoms with van der Waals surface area (Å²) in [4.78, 5) is 25.6. The number of amides is 2. The van der Waals surface area contributed by atoms with Crippen LogP contribution in [-0.4, -0.2) is 36.3 Å². The Balaban J connectivity index is 1.75. The van der Waals surface area contributed by atoms with Crippen LogP contribution >= 0.6 is 0 Å². The number of nitrogens with one attached hydrogen (secondary N) is 1. The molecule has 4 nitrogen and oxygen atoms in total. The van der Waals surface area contributed by atoms with Gasteiger partial charge < -0.3 is 10.2 Å². The van der Waals surface area contributed by atoms with Gasteiger partial charge in [0.1, 0.15) is 0 Å². The van der Waals surface area contributed by atoms with Crippen molar-refractivity contribution in [1.29, 1.82) is 0 Å². The molecular formula is C17H22N2O2. The second-order valence-electron chi connectivity index (χ2n) is 5.26. The molecule has 0 spiro atoms. The molecule has 112 valence electrons. The number of rotatable bonds is 4. The van der Waals surface area contributed by atoms with Crippen LogP contribution in [0.15, 0.2) is 36.4 Å². The molecule has 1 aromatic rings. The fourth-order valence-electron chi connectivity index (χ4n) is 2.39. The first-order valence-corrected chi connectivity index (χ1v) is 7.54. The Bertz CT molecular complexity index is 489. The quantitative estimate of drug-likeness (QED) is 0.863. The minimum atomic E-state index is -0.234. The van der Waals surface area contributed by atoms with Crippen molar-refractivity contribution in [2.75, 3.05) is 19.6 Å². The molecular weight excluding hydrogens is 264 g/mol. The van der Waals surface area contributed by atoms with Crippen LogP contribution in [-0.2, 0) is 9.59 Å². The minimum Gasteiger partial charge on any atom is -0.343 e. The van der Waals surface area contributed by atoms with Crippen LogP contribution in [0.5, 0.6) is 0 Å². The SMILES string of the molecule is O=C(/C=C/c1ccccc1)NCC(=O)N1CCCCCC1. The largest absolute Gasteiger partial charge is 0.343 e. The van der Waals surface area contributed by atoms with E-state index in [1.165, 1.54) is 18.9 Å². The van der Waals surface area contributed by atoms with Gasteiger partial charge in [0.05, 0.1) is 6.54 Å². The number of carbonyl (C=O) groups is 2. The lowest BCUT2D eigenvalue weighted by molar-refractivity contribution is -0.132. The van der Waals surface area contributed by atoms with Crippen molar-refractivity contribution in [3.8, 4) is 0 Å². The van der Waals surface area contributed by atoms with E-state index in [2.05, 4.69) is 5.32 Å². The van der Waals surface area contributed by atoms with Gasteiger partial charge in [0.2, 0.25) is 11.8 Å². The van der Waals surface area contributed by atoms with Crippen molar-refractivity contribution in [1.82, 2.24) is 10.2 Å². The lowest BCUT2D eigenvalue weighted by Gasteiger charge is -2.20. The van der Waals surface area contributed by atoms with E-state index in [0.717, 1.165) is 31.5 Å². The average Bonchev–Trinajstić information content (AvgIpc) is 2.81. The number of benzene rings is 1. The molecule has 1 heterocycles. The summed E-state index contributed by atoms with van der Waals surface area (Å²) in [5, 5.41) is 2.65. The second kappa shape index (κ2) is 8.25. The van der Waals surface area contributed by atoms with Gasteiger partial charge in [0.25, 0.3) is 0 Å². The molecule has 0 aliphatic carbocycles. The number of nitrogens with zero attached hydrogens (tertiary/aromatic N) is 1. The zero-order chi connectivity index (χ0) is 14.9. The summed E-state index contributed by atoms with van der Waals surface area (Å²) < 4.78 is 0. The summed E-state index contributed by atoms with van der Waals surface area (Å²) >= 11 is 0. The highest BCUT2D eigenvalue weighted by Crippen LogP contribution is 2.09. The highest BCUT2D eigenvalue weighted by atomic mass is 16.2. The van der Waals surface area contributed by atoms with Crippen molar-refractivity contribution >= 4 is 17.9 Å². The molecule has 0 aromatic heterocycles. The third-order valence-electron chi connectivity index (χ3n) is 3.60. The summed E-state index contributed by atoms with van der Waals surface area (Å²) in [6.07, 6.45) is 7.71. The van der Waals surface area contributed by atoms with E-state index in [4.69, 9.17) is 0 Å². The van der Waals surface area contributed by atoms with E-state index in [1.807, 2.05) is 35.2 Å². The topological polar surface area (TPSA) is 49.4 Å². The van der Waals surface area contributed by atoms with Crippen LogP contribution in [0.3, 0.4) is 0 Å². The summed E-state index contributed by atoms with van der Waals surface area (Å²) in [5.74, 6) is -0.222. The molecule has 2 amide bonds. The van der Waals surface area contributed by atoms with Gasteiger partial charge in [-0.15, -0.1) is 0 Å². The molecule has 0 saturated carbocycles. The molecule has 1 fully saturated rings. The van der Waals surface area contributed by atoms with E-state index in [-0.39, 0.29) is 18.4 Å². The van der Waals surface area contributed by atoms with Gasteiger partial charge in [-0.1, -0.05) is 43.2 Å². The standard InChI is InChI=1S/C17H22N2O2/c20-16(11-10-15-8-4-3-5-9-15)18-14-17(21)19-12-6-1-2-7-13-19/h3-5,8-11H,1-2,6-7,12-14H2,(H,18,20)/b11-10+. The van der Waals surface area contributed by atoms with E-state index >= 15 is 0 Å². The number of hydrogen-bond donors (Lipinski definition) is 1. The average molecular weight is 286 g/mol. The molecule has 0 atom stereocenters. The maximum atomic E-state index is 12.0. The van der Waals surface area contributed by atoms with E-state index in [9.17, 15) is 9.59 Å². The minimum absolute atomic E-state index is 0.0124. The number of likely N-dealkylation sites (tertiary alicyclic amines) is 1. The zero-order valence-electron chi connectivity index (χ0n) is 12.3. The van der Waals surface area contributed by atoms with Gasteiger partial charge in [0.15, 0.2) is 0 Å². The van der Waals surface area contributed by atoms with Crippen LogP contribution in [0.25, 0.3) is 6.08 Å². The van der Waals surface area contributed by atoms with E-state index < -0.39 is 0 Å². The van der Waals surface area contributed by atoms with Gasteiger partial charge in [-0.3, -0.25) is 9.59 Å². The van der Waals surface area contributed by atoms with Gasteiger partial charge in [0, 0.05) is 19.2 Å². The monoisotopic (exact) mass is 286 g/mol. The third-order valence-corrected chi connectivity index (χ3v) is 3.60. The smallest absolute Gasteiger partial charge is 0.244 e. The molecule has 1 aromatic carbocycles. The van der Waals surface area contributed by atoms with Gasteiger partial charge in [-0.05, 0) is 24.5 Å². The first-order valence-electron chi connectivity index (χ1n) is 7.54. The van der Waals surface area contributed by atoms with Crippen LogP contribution < -0.4 is 5.32 Å². The maximum Gasteiger partial charge on any atom is 0.244 e. The van der Waals surface area contributed by atoms with Crippen molar-refractivity contribution < 1.29 is 9.59 Å². The lowest BCUT2D eigenvalue weighted by atomic mass is 10.2. The number of carbonyl (C=O) groups excluding carboxylic acids is 2. The van der Waals surface area contributed by atoms with Gasteiger partial charge >= 0.3 is 0 Å². The van der Waals surface area contributed by atoms with E-state index in [0.29, 0.717) is 0 Å². The van der Waals surface area contributed by atoms with Crippen molar-refractivity contribution in [2.24, 2.45) is 0 Å². The Kier molecular flexibility index (Phi) is 6.00. The molecule has 4 heteroatoms. The molecule has 1 aliphatic rings. The highest BCUT2D eigenvalue weighted by molar-refractivity contribution is 5.94. The second-order valence-corrected chi connectivity index (χ2v) is 5.26. The first kappa shape index (κ1) is 15.3. The Hall–Kier alpha value is -2.10. The van der Waals surface area contributed by atoms with Crippen LogP contribution in [0.2, 0.25) is 0 Å². The normalized spacial score (nSPS) is 15.7. The summed E-state index contributed by atoms with van der Waals surface area (Å²) in [5.41, 5.74) is 0.964. The molecule has 0 unspecified atom stereocenters. The van der Waals surface area contributed by atoms with Crippen molar-refractivity contribution in [2.45, 2.75) is 25.7 Å². The van der Waals surface area contributed by atoms with Crippen molar-refractivity contribution in [3.05, 3.63) is 42.0 Å². The van der Waals surface area contributed by atoms with Crippen LogP contribution in [0.4, 0.5) is 0 Å². The molecule has 0 radical (unpaired) electrons. The summed E-state index contributed by atoms with van der Waals surface area (Å²) in [6.45, 7) is 1.71. The van der Waals surface area contributed by atoms with Gasteiger partial charge in [-0.2, -0.15) is 0 Å². The first-order chi connectivity index (χ1) is 10.3. The third kappa shape index (κ3) is 5.42. The van der Waals surface area contributed by atoms with E-state index in [1.54, 1.807) is 6.08 Å². The molecule has 0 bridgehead atoms. The van der Waals surface area contributed by atoms with Crippen molar-refractivity contribution in [3.63, 3.8) is 0 Å². The molecule has 2 rings (SSSR count). The van der Waals surface area contributed by atoms with Gasteiger partial charge in [-0.25, -0.2) is 0 Å². The fourth-order valence-corrected chi connectivity index (χ4v) is 2.39. The molecule has 21 heavy (non-hydrogen) atoms. The van der Waals surface area contributed by atoms with Crippen LogP contribution in [0, 0.1) is 0 Å². The lowest BCUT2D eigenvalue weighted by Crippen LogP contribution is -2.40. The molecule has 1 aliphatic heterocycles. The Morgan fingerprint density at radius 3 is 2.38 bits per heavy atom. The summed E-state index contributed by atoms with van der Waals surface area (Å²) in [7, 11) is 0. The highest BCUT2D eigenvalue weighted by Gasteiger charge is 2.15. The Labute approximate surface area is 125 Å². The molecule has 1 N–H and O–H groups in total. The zero-order valence-corrected chi connectivity index (χ0v) is 12.3. The van der Waals surface area contributed by atoms with Crippen LogP contribution in [0.1, 0.15) is 31.2 Å². The predicted molar refractivity (Wildman–Crippen MR) is 83.5 cm³/mol. The predicted octanol–water partition coefficient (Wildman–Crippen LogP) is 2.22. The maximum absolute atomic E-state index is 12.0.